The number of fused-ring (bicyclic) bond motifs is 1. The molecule has 1 atom stereocenters. The summed E-state index contributed by atoms with van der Waals surface area (Å²) in [4.78, 5) is 2.41. The third-order valence-corrected chi connectivity index (χ3v) is 3.63. The Labute approximate surface area is 102 Å². The third-order valence-electron chi connectivity index (χ3n) is 3.40. The van der Waals surface area contributed by atoms with Gasteiger partial charge in [0.15, 0.2) is 0 Å². The average Bonchev–Trinajstić information content (AvgIpc) is 2.68. The van der Waals surface area contributed by atoms with Gasteiger partial charge >= 0.3 is 0 Å². The van der Waals surface area contributed by atoms with E-state index in [9.17, 15) is 0 Å². The summed E-state index contributed by atoms with van der Waals surface area (Å²) < 4.78 is 0. The van der Waals surface area contributed by atoms with E-state index < -0.39 is 0 Å². The molecule has 1 unspecified atom stereocenters. The maximum Gasteiger partial charge on any atom is 0.0408 e. The highest BCUT2D eigenvalue weighted by atomic mass is 35.5. The zero-order valence-corrected chi connectivity index (χ0v) is 10.5. The summed E-state index contributed by atoms with van der Waals surface area (Å²) in [5.41, 5.74) is 8.41. The Morgan fingerprint density at radius 3 is 3.06 bits per heavy atom. The van der Waals surface area contributed by atoms with Crippen molar-refractivity contribution in [3.8, 4) is 0 Å². The highest BCUT2D eigenvalue weighted by Crippen LogP contribution is 2.36. The van der Waals surface area contributed by atoms with Crippen LogP contribution in [0.2, 0.25) is 5.02 Å². The van der Waals surface area contributed by atoms with Crippen LogP contribution < -0.4 is 5.73 Å². The average molecular weight is 239 g/mol. The summed E-state index contributed by atoms with van der Waals surface area (Å²) in [6, 6.07) is 6.83. The lowest BCUT2D eigenvalue weighted by molar-refractivity contribution is 0.243. The molecule has 1 aliphatic carbocycles. The molecular weight excluding hydrogens is 220 g/mol. The van der Waals surface area contributed by atoms with Crippen LogP contribution in [0.1, 0.15) is 30.0 Å². The Kier molecular flexibility index (Phi) is 3.85. The molecule has 2 rings (SSSR count). The molecule has 1 aromatic carbocycles. The molecule has 0 saturated heterocycles. The van der Waals surface area contributed by atoms with Gasteiger partial charge in [0.1, 0.15) is 0 Å². The predicted molar refractivity (Wildman–Crippen MR) is 68.8 cm³/mol. The normalized spacial score (nSPS) is 19.1. The van der Waals surface area contributed by atoms with E-state index in [2.05, 4.69) is 24.1 Å². The van der Waals surface area contributed by atoms with Gasteiger partial charge in [-0.05, 0) is 62.7 Å². The van der Waals surface area contributed by atoms with Crippen LogP contribution in [-0.4, -0.2) is 25.0 Å². The van der Waals surface area contributed by atoms with Gasteiger partial charge in [0.25, 0.3) is 0 Å². The number of nitrogens with zero attached hydrogens (tertiary/aromatic N) is 1. The van der Waals surface area contributed by atoms with E-state index in [0.29, 0.717) is 6.04 Å². The fraction of sp³-hybridized carbons (Fsp3) is 0.538. The second-order valence-electron chi connectivity index (χ2n) is 4.52. The lowest BCUT2D eigenvalue weighted by Crippen LogP contribution is -2.25. The van der Waals surface area contributed by atoms with E-state index in [1.807, 2.05) is 6.07 Å². The van der Waals surface area contributed by atoms with E-state index in [4.69, 9.17) is 17.3 Å². The summed E-state index contributed by atoms with van der Waals surface area (Å²) in [6.07, 6.45) is 3.42. The Morgan fingerprint density at radius 1 is 1.50 bits per heavy atom. The first-order chi connectivity index (χ1) is 7.72. The molecule has 16 heavy (non-hydrogen) atoms. The third kappa shape index (κ3) is 2.40. The fourth-order valence-electron chi connectivity index (χ4n) is 2.52. The van der Waals surface area contributed by atoms with E-state index in [0.717, 1.165) is 31.0 Å². The number of aryl methyl sites for hydroxylation is 1. The van der Waals surface area contributed by atoms with Gasteiger partial charge in [-0.3, -0.25) is 4.90 Å². The fourth-order valence-corrected chi connectivity index (χ4v) is 2.71. The van der Waals surface area contributed by atoms with E-state index >= 15 is 0 Å². The monoisotopic (exact) mass is 238 g/mol. The lowest BCUT2D eigenvalue weighted by atomic mass is 10.1. The van der Waals surface area contributed by atoms with Crippen molar-refractivity contribution in [2.24, 2.45) is 5.73 Å². The smallest absolute Gasteiger partial charge is 0.0408 e. The van der Waals surface area contributed by atoms with E-state index in [1.54, 1.807) is 0 Å². The zero-order chi connectivity index (χ0) is 11.5. The summed E-state index contributed by atoms with van der Waals surface area (Å²) in [5, 5.41) is 0.851. The number of halogens is 1. The van der Waals surface area contributed by atoms with Crippen molar-refractivity contribution >= 4 is 11.6 Å². The standard InChI is InChI=1S/C13H19ClN2/c1-16(8-2-7-15)13-6-3-10-9-11(14)4-5-12(10)13/h4-5,9,13H,2-3,6-8,15H2,1H3. The first-order valence-electron chi connectivity index (χ1n) is 5.91. The van der Waals surface area contributed by atoms with Crippen LogP contribution in [0.25, 0.3) is 0 Å². The second kappa shape index (κ2) is 5.17. The van der Waals surface area contributed by atoms with Gasteiger partial charge in [0.05, 0.1) is 0 Å². The van der Waals surface area contributed by atoms with Crippen molar-refractivity contribution in [2.45, 2.75) is 25.3 Å². The Bertz CT molecular complexity index is 365. The molecular formula is C13H19ClN2. The van der Waals surface area contributed by atoms with Crippen molar-refractivity contribution in [3.05, 3.63) is 34.3 Å². The minimum Gasteiger partial charge on any atom is -0.330 e. The number of rotatable bonds is 4. The molecule has 0 fully saturated rings. The highest BCUT2D eigenvalue weighted by molar-refractivity contribution is 6.30. The quantitative estimate of drug-likeness (QED) is 0.874. The number of nitrogens with two attached hydrogens (primary N) is 1. The minimum absolute atomic E-state index is 0.554. The number of benzene rings is 1. The molecule has 0 bridgehead atoms. The van der Waals surface area contributed by atoms with Gasteiger partial charge in [-0.1, -0.05) is 17.7 Å². The molecule has 0 saturated carbocycles. The Hall–Kier alpha value is -0.570. The minimum atomic E-state index is 0.554. The molecule has 0 amide bonds. The van der Waals surface area contributed by atoms with Gasteiger partial charge in [0, 0.05) is 11.1 Å². The zero-order valence-electron chi connectivity index (χ0n) is 9.75. The van der Waals surface area contributed by atoms with Crippen LogP contribution in [0, 0.1) is 0 Å². The van der Waals surface area contributed by atoms with Crippen LogP contribution in [-0.2, 0) is 6.42 Å². The lowest BCUT2D eigenvalue weighted by Gasteiger charge is -2.25. The van der Waals surface area contributed by atoms with Crippen LogP contribution in [0.3, 0.4) is 0 Å². The SMILES string of the molecule is CN(CCCN)C1CCc2cc(Cl)ccc21. The van der Waals surface area contributed by atoms with E-state index in [-0.39, 0.29) is 0 Å². The van der Waals surface area contributed by atoms with Crippen molar-refractivity contribution in [3.63, 3.8) is 0 Å². The topological polar surface area (TPSA) is 29.3 Å². The summed E-state index contributed by atoms with van der Waals surface area (Å²) in [7, 11) is 2.18. The van der Waals surface area contributed by atoms with Gasteiger partial charge in [-0.25, -0.2) is 0 Å². The van der Waals surface area contributed by atoms with Crippen molar-refractivity contribution < 1.29 is 0 Å². The van der Waals surface area contributed by atoms with Gasteiger partial charge in [0.2, 0.25) is 0 Å². The summed E-state index contributed by atoms with van der Waals surface area (Å²) >= 11 is 6.00. The molecule has 2 N–H and O–H groups in total. The molecule has 0 spiro atoms. The van der Waals surface area contributed by atoms with Gasteiger partial charge in [-0.2, -0.15) is 0 Å². The first-order valence-corrected chi connectivity index (χ1v) is 6.29. The molecule has 0 aliphatic heterocycles. The van der Waals surface area contributed by atoms with Crippen LogP contribution >= 0.6 is 11.6 Å². The molecule has 1 aliphatic rings. The highest BCUT2D eigenvalue weighted by Gasteiger charge is 2.25. The molecule has 0 heterocycles. The van der Waals surface area contributed by atoms with Crippen LogP contribution in [0.15, 0.2) is 18.2 Å². The number of hydrogen-bond donors (Lipinski definition) is 1. The maximum atomic E-state index is 6.00. The Balaban J connectivity index is 2.11. The van der Waals surface area contributed by atoms with Gasteiger partial charge in [-0.15, -0.1) is 0 Å². The van der Waals surface area contributed by atoms with Crippen LogP contribution in [0.5, 0.6) is 0 Å². The van der Waals surface area contributed by atoms with Crippen LogP contribution in [0.4, 0.5) is 0 Å². The molecule has 2 nitrogen and oxygen atoms in total. The Morgan fingerprint density at radius 2 is 2.31 bits per heavy atom. The number of hydrogen-bond acceptors (Lipinski definition) is 2. The molecule has 88 valence electrons. The molecule has 0 radical (unpaired) electrons. The maximum absolute atomic E-state index is 6.00. The largest absolute Gasteiger partial charge is 0.330 e. The molecule has 1 aromatic rings. The van der Waals surface area contributed by atoms with Crippen molar-refractivity contribution in [2.75, 3.05) is 20.1 Å². The summed E-state index contributed by atoms with van der Waals surface area (Å²) in [6.45, 7) is 1.84. The molecule has 0 aromatic heterocycles. The summed E-state index contributed by atoms with van der Waals surface area (Å²) in [5.74, 6) is 0. The predicted octanol–water partition coefficient (Wildman–Crippen LogP) is 2.61. The van der Waals surface area contributed by atoms with Crippen molar-refractivity contribution in [1.29, 1.82) is 0 Å². The second-order valence-corrected chi connectivity index (χ2v) is 4.96. The molecule has 3 heteroatoms. The first kappa shape index (κ1) is 11.9. The van der Waals surface area contributed by atoms with E-state index in [1.165, 1.54) is 17.5 Å². The van der Waals surface area contributed by atoms with Gasteiger partial charge < -0.3 is 5.73 Å². The van der Waals surface area contributed by atoms with Crippen molar-refractivity contribution in [1.82, 2.24) is 4.90 Å².